The fourth-order valence-corrected chi connectivity index (χ4v) is 2.13. The summed E-state index contributed by atoms with van der Waals surface area (Å²) in [5, 5.41) is 6.45. The second-order valence-corrected chi connectivity index (χ2v) is 6.65. The molecule has 0 unspecified atom stereocenters. The summed E-state index contributed by atoms with van der Waals surface area (Å²) in [6.07, 6.45) is -1.53. The Balaban J connectivity index is 1.86. The monoisotopic (exact) mass is 319 g/mol. The number of ether oxygens (including phenoxy) is 1. The fourth-order valence-electron chi connectivity index (χ4n) is 2.13. The third-order valence-corrected chi connectivity index (χ3v) is 3.55. The van der Waals surface area contributed by atoms with E-state index < -0.39 is 23.3 Å². The van der Waals surface area contributed by atoms with Crippen molar-refractivity contribution in [2.75, 3.05) is 5.32 Å². The summed E-state index contributed by atoms with van der Waals surface area (Å²) >= 11 is 0. The number of alkyl halides is 3. The zero-order valence-electron chi connectivity index (χ0n) is 12.8. The molecule has 1 fully saturated rings. The first-order valence-electron chi connectivity index (χ1n) is 7.10. The van der Waals surface area contributed by atoms with Gasteiger partial charge in [-0.3, -0.25) is 10.00 Å². The third-order valence-electron chi connectivity index (χ3n) is 3.55. The van der Waals surface area contributed by atoms with Crippen molar-refractivity contribution in [2.45, 2.75) is 58.4 Å². The van der Waals surface area contributed by atoms with Crippen LogP contribution in [0.4, 0.5) is 23.7 Å². The Morgan fingerprint density at radius 3 is 2.55 bits per heavy atom. The summed E-state index contributed by atoms with van der Waals surface area (Å²) in [7, 11) is 0. The average Bonchev–Trinajstić information content (AvgIpc) is 3.00. The molecule has 1 heterocycles. The van der Waals surface area contributed by atoms with Gasteiger partial charge in [0, 0.05) is 12.7 Å². The predicted molar refractivity (Wildman–Crippen MR) is 74.4 cm³/mol. The Morgan fingerprint density at radius 2 is 2.05 bits per heavy atom. The molecule has 0 aliphatic heterocycles. The van der Waals surface area contributed by atoms with Gasteiger partial charge in [0.15, 0.2) is 0 Å². The van der Waals surface area contributed by atoms with Crippen LogP contribution in [0.1, 0.15) is 40.0 Å². The molecule has 1 saturated carbocycles. The van der Waals surface area contributed by atoms with E-state index >= 15 is 0 Å². The van der Waals surface area contributed by atoms with Crippen molar-refractivity contribution >= 4 is 11.8 Å². The minimum Gasteiger partial charge on any atom is -0.444 e. The second kappa shape index (κ2) is 5.48. The van der Waals surface area contributed by atoms with Crippen molar-refractivity contribution in [1.82, 2.24) is 9.78 Å². The van der Waals surface area contributed by atoms with Gasteiger partial charge in [0.1, 0.15) is 5.60 Å². The normalized spacial score (nSPS) is 17.2. The number of aromatic nitrogens is 2. The van der Waals surface area contributed by atoms with E-state index in [0.717, 1.165) is 0 Å². The quantitative estimate of drug-likeness (QED) is 0.914. The highest BCUT2D eigenvalue weighted by molar-refractivity contribution is 5.84. The molecule has 5 nitrogen and oxygen atoms in total. The zero-order chi connectivity index (χ0) is 16.6. The molecule has 22 heavy (non-hydrogen) atoms. The fraction of sp³-hybridized carbons (Fsp3) is 0.714. The van der Waals surface area contributed by atoms with Crippen molar-refractivity contribution in [1.29, 1.82) is 0 Å². The molecule has 1 aromatic heterocycles. The van der Waals surface area contributed by atoms with E-state index in [-0.39, 0.29) is 25.8 Å². The van der Waals surface area contributed by atoms with Crippen LogP contribution in [0.25, 0.3) is 0 Å². The molecular formula is C14H20F3N3O2. The zero-order valence-corrected chi connectivity index (χ0v) is 12.8. The van der Waals surface area contributed by atoms with Gasteiger partial charge in [-0.25, -0.2) is 4.79 Å². The number of halogens is 3. The summed E-state index contributed by atoms with van der Waals surface area (Å²) in [5.41, 5.74) is -1.77. The molecule has 0 radical (unpaired) electrons. The molecule has 1 aliphatic rings. The van der Waals surface area contributed by atoms with Gasteiger partial charge in [-0.1, -0.05) is 0 Å². The van der Waals surface area contributed by atoms with Crippen LogP contribution in [-0.4, -0.2) is 27.7 Å². The summed E-state index contributed by atoms with van der Waals surface area (Å²) in [6.45, 7) is 5.38. The van der Waals surface area contributed by atoms with Crippen molar-refractivity contribution in [3.8, 4) is 0 Å². The smallest absolute Gasteiger partial charge is 0.412 e. The maximum absolute atomic E-state index is 12.8. The van der Waals surface area contributed by atoms with Crippen molar-refractivity contribution in [3.63, 3.8) is 0 Å². The molecule has 1 aliphatic carbocycles. The van der Waals surface area contributed by atoms with E-state index in [0.29, 0.717) is 5.69 Å². The number of carbonyl (C=O) groups excluding carboxylic acids is 1. The van der Waals surface area contributed by atoms with Gasteiger partial charge in [0.2, 0.25) is 0 Å². The Bertz CT molecular complexity index is 542. The molecule has 0 saturated heterocycles. The molecule has 0 aromatic carbocycles. The molecule has 124 valence electrons. The molecule has 0 spiro atoms. The van der Waals surface area contributed by atoms with Gasteiger partial charge in [-0.05, 0) is 40.0 Å². The van der Waals surface area contributed by atoms with Gasteiger partial charge >= 0.3 is 12.3 Å². The topological polar surface area (TPSA) is 56.1 Å². The number of rotatable bonds is 4. The van der Waals surface area contributed by atoms with Crippen LogP contribution in [0, 0.1) is 5.41 Å². The standard InChI is InChI=1S/C14H20F3N3O2/c1-12(2,3)22-11(21)19-10-8-18-20(9-10)7-6-13(4-5-13)14(15,16)17/h8-9H,4-7H2,1-3H3,(H,19,21). The number of carbonyl (C=O) groups is 1. The minimum atomic E-state index is -4.16. The first kappa shape index (κ1) is 16.6. The van der Waals surface area contributed by atoms with Crippen LogP contribution in [0.3, 0.4) is 0 Å². The summed E-state index contributed by atoms with van der Waals surface area (Å²) < 4.78 is 45.0. The lowest BCUT2D eigenvalue weighted by atomic mass is 10.0. The molecule has 1 amide bonds. The minimum absolute atomic E-state index is 0.00403. The maximum Gasteiger partial charge on any atom is 0.412 e. The van der Waals surface area contributed by atoms with Crippen molar-refractivity contribution < 1.29 is 22.7 Å². The Labute approximate surface area is 126 Å². The molecule has 0 bridgehead atoms. The van der Waals surface area contributed by atoms with E-state index in [9.17, 15) is 18.0 Å². The lowest BCUT2D eigenvalue weighted by Gasteiger charge is -2.19. The van der Waals surface area contributed by atoms with E-state index in [2.05, 4.69) is 10.4 Å². The summed E-state index contributed by atoms with van der Waals surface area (Å²) in [5.74, 6) is 0. The van der Waals surface area contributed by atoms with Gasteiger partial charge in [0.25, 0.3) is 0 Å². The molecule has 1 N–H and O–H groups in total. The van der Waals surface area contributed by atoms with Crippen molar-refractivity contribution in [2.24, 2.45) is 5.41 Å². The van der Waals surface area contributed by atoms with Crippen LogP contribution in [0.15, 0.2) is 12.4 Å². The Hall–Kier alpha value is -1.73. The van der Waals surface area contributed by atoms with Gasteiger partial charge < -0.3 is 4.74 Å². The molecular weight excluding hydrogens is 299 g/mol. The van der Waals surface area contributed by atoms with Crippen LogP contribution in [-0.2, 0) is 11.3 Å². The Kier molecular flexibility index (Phi) is 4.14. The number of aryl methyl sites for hydroxylation is 1. The largest absolute Gasteiger partial charge is 0.444 e. The van der Waals surface area contributed by atoms with E-state index in [1.807, 2.05) is 0 Å². The number of hydrogen-bond acceptors (Lipinski definition) is 3. The predicted octanol–water partition coefficient (Wildman–Crippen LogP) is 3.96. The van der Waals surface area contributed by atoms with Crippen LogP contribution >= 0.6 is 0 Å². The molecule has 1 aromatic rings. The summed E-state index contributed by atoms with van der Waals surface area (Å²) in [6, 6.07) is 0. The van der Waals surface area contributed by atoms with Gasteiger partial charge in [-0.15, -0.1) is 0 Å². The molecule has 2 rings (SSSR count). The van der Waals surface area contributed by atoms with Crippen LogP contribution in [0.2, 0.25) is 0 Å². The highest BCUT2D eigenvalue weighted by Gasteiger charge is 2.62. The van der Waals surface area contributed by atoms with Gasteiger partial charge in [0.05, 0.1) is 17.3 Å². The van der Waals surface area contributed by atoms with Gasteiger partial charge in [-0.2, -0.15) is 18.3 Å². The van der Waals surface area contributed by atoms with Crippen LogP contribution < -0.4 is 5.32 Å². The SMILES string of the molecule is CC(C)(C)OC(=O)Nc1cnn(CCC2(C(F)(F)F)CC2)c1. The number of anilines is 1. The molecule has 8 heteroatoms. The van der Waals surface area contributed by atoms with E-state index in [1.165, 1.54) is 17.1 Å². The number of nitrogens with zero attached hydrogens (tertiary/aromatic N) is 2. The number of hydrogen-bond donors (Lipinski definition) is 1. The van der Waals surface area contributed by atoms with Crippen molar-refractivity contribution in [3.05, 3.63) is 12.4 Å². The lowest BCUT2D eigenvalue weighted by Crippen LogP contribution is -2.27. The Morgan fingerprint density at radius 1 is 1.41 bits per heavy atom. The highest BCUT2D eigenvalue weighted by Crippen LogP contribution is 2.60. The van der Waals surface area contributed by atoms with E-state index in [4.69, 9.17) is 4.74 Å². The second-order valence-electron chi connectivity index (χ2n) is 6.65. The van der Waals surface area contributed by atoms with Crippen LogP contribution in [0.5, 0.6) is 0 Å². The molecule has 0 atom stereocenters. The average molecular weight is 319 g/mol. The highest BCUT2D eigenvalue weighted by atomic mass is 19.4. The first-order chi connectivity index (χ1) is 10.0. The number of amides is 1. The maximum atomic E-state index is 12.8. The van der Waals surface area contributed by atoms with E-state index in [1.54, 1.807) is 20.8 Å². The summed E-state index contributed by atoms with van der Waals surface area (Å²) in [4.78, 5) is 11.6. The lowest BCUT2D eigenvalue weighted by molar-refractivity contribution is -0.189. The number of nitrogens with one attached hydrogen (secondary N) is 1. The third kappa shape index (κ3) is 4.14. The first-order valence-corrected chi connectivity index (χ1v) is 7.10.